The predicted molar refractivity (Wildman–Crippen MR) is 72.5 cm³/mol. The van der Waals surface area contributed by atoms with Gasteiger partial charge in [0.2, 0.25) is 0 Å². The summed E-state index contributed by atoms with van der Waals surface area (Å²) in [5.41, 5.74) is 0.475. The molecule has 0 radical (unpaired) electrons. The van der Waals surface area contributed by atoms with E-state index in [0.717, 1.165) is 43.8 Å². The molecule has 3 nitrogen and oxygen atoms in total. The van der Waals surface area contributed by atoms with Crippen molar-refractivity contribution in [1.29, 1.82) is 0 Å². The lowest BCUT2D eigenvalue weighted by Gasteiger charge is -2.18. The lowest BCUT2D eigenvalue weighted by molar-refractivity contribution is -0.137. The van der Waals surface area contributed by atoms with Gasteiger partial charge in [0.1, 0.15) is 0 Å². The molecule has 0 amide bonds. The highest BCUT2D eigenvalue weighted by Crippen LogP contribution is 2.31. The summed E-state index contributed by atoms with van der Waals surface area (Å²) in [6.07, 6.45) is -2.71. The molecule has 0 bridgehead atoms. The van der Waals surface area contributed by atoms with E-state index in [1.807, 2.05) is 4.57 Å². The number of rotatable bonds is 5. The van der Waals surface area contributed by atoms with E-state index in [2.05, 4.69) is 23.7 Å². The second-order valence-corrected chi connectivity index (χ2v) is 4.67. The number of aromatic nitrogens is 2. The number of fused-ring (bicyclic) bond motifs is 1. The number of hydrogen-bond acceptors (Lipinski definition) is 2. The van der Waals surface area contributed by atoms with Crippen molar-refractivity contribution in [2.75, 3.05) is 19.6 Å². The largest absolute Gasteiger partial charge is 0.416 e. The summed E-state index contributed by atoms with van der Waals surface area (Å²) in [4.78, 5) is 6.33. The van der Waals surface area contributed by atoms with Crippen LogP contribution in [0.15, 0.2) is 24.5 Å². The molecule has 0 aliphatic carbocycles. The van der Waals surface area contributed by atoms with Gasteiger partial charge in [-0.2, -0.15) is 13.2 Å². The van der Waals surface area contributed by atoms with Gasteiger partial charge < -0.3 is 9.47 Å². The highest BCUT2D eigenvalue weighted by Gasteiger charge is 2.30. The van der Waals surface area contributed by atoms with Gasteiger partial charge in [-0.25, -0.2) is 4.98 Å². The Kier molecular flexibility index (Phi) is 4.32. The molecule has 1 aromatic carbocycles. The summed E-state index contributed by atoms with van der Waals surface area (Å²) < 4.78 is 39.8. The summed E-state index contributed by atoms with van der Waals surface area (Å²) in [6, 6.07) is 3.70. The minimum Gasteiger partial charge on any atom is -0.329 e. The minimum atomic E-state index is -4.32. The fourth-order valence-corrected chi connectivity index (χ4v) is 2.21. The van der Waals surface area contributed by atoms with Crippen molar-refractivity contribution in [1.82, 2.24) is 14.5 Å². The van der Waals surface area contributed by atoms with Crippen LogP contribution in [0.25, 0.3) is 11.0 Å². The molecule has 0 aliphatic rings. The van der Waals surface area contributed by atoms with Crippen molar-refractivity contribution in [3.8, 4) is 0 Å². The second kappa shape index (κ2) is 5.83. The second-order valence-electron chi connectivity index (χ2n) is 4.67. The molecule has 0 aliphatic heterocycles. The van der Waals surface area contributed by atoms with Crippen molar-refractivity contribution >= 4 is 11.0 Å². The topological polar surface area (TPSA) is 21.1 Å². The Hall–Kier alpha value is -1.56. The zero-order valence-corrected chi connectivity index (χ0v) is 11.6. The van der Waals surface area contributed by atoms with Crippen LogP contribution in [0.2, 0.25) is 0 Å². The van der Waals surface area contributed by atoms with Crippen LogP contribution in [0, 0.1) is 0 Å². The Labute approximate surface area is 116 Å². The van der Waals surface area contributed by atoms with Gasteiger partial charge >= 0.3 is 6.18 Å². The molecule has 0 atom stereocenters. The molecule has 2 aromatic rings. The SMILES string of the molecule is CCN(CC)CCn1cnc2cc(C(F)(F)F)ccc21. The van der Waals surface area contributed by atoms with E-state index >= 15 is 0 Å². The predicted octanol–water partition coefficient (Wildman–Crippen LogP) is 3.40. The Bertz CT molecular complexity index is 571. The monoisotopic (exact) mass is 285 g/mol. The first-order chi connectivity index (χ1) is 9.45. The number of hydrogen-bond donors (Lipinski definition) is 0. The maximum Gasteiger partial charge on any atom is 0.416 e. The summed E-state index contributed by atoms with van der Waals surface area (Å²) in [5.74, 6) is 0. The molecule has 20 heavy (non-hydrogen) atoms. The number of likely N-dealkylation sites (N-methyl/N-ethyl adjacent to an activating group) is 1. The highest BCUT2D eigenvalue weighted by molar-refractivity contribution is 5.76. The van der Waals surface area contributed by atoms with Gasteiger partial charge in [0.05, 0.1) is 22.9 Å². The first kappa shape index (κ1) is 14.8. The van der Waals surface area contributed by atoms with E-state index in [0.29, 0.717) is 5.52 Å². The van der Waals surface area contributed by atoms with Crippen LogP contribution >= 0.6 is 0 Å². The van der Waals surface area contributed by atoms with Gasteiger partial charge in [0.15, 0.2) is 0 Å². The van der Waals surface area contributed by atoms with E-state index in [1.165, 1.54) is 6.07 Å². The molecule has 1 heterocycles. The highest BCUT2D eigenvalue weighted by atomic mass is 19.4. The summed E-state index contributed by atoms with van der Waals surface area (Å²) in [7, 11) is 0. The molecule has 1 aromatic heterocycles. The molecule has 2 rings (SSSR count). The molecule has 0 saturated carbocycles. The van der Waals surface area contributed by atoms with Crippen LogP contribution in [0.5, 0.6) is 0 Å². The average molecular weight is 285 g/mol. The van der Waals surface area contributed by atoms with E-state index in [9.17, 15) is 13.2 Å². The van der Waals surface area contributed by atoms with Crippen molar-refractivity contribution in [3.05, 3.63) is 30.1 Å². The smallest absolute Gasteiger partial charge is 0.329 e. The molecule has 0 fully saturated rings. The molecule has 0 unspecified atom stereocenters. The third-order valence-electron chi connectivity index (χ3n) is 3.50. The van der Waals surface area contributed by atoms with Crippen LogP contribution in [-0.2, 0) is 12.7 Å². The van der Waals surface area contributed by atoms with Crippen LogP contribution in [0.3, 0.4) is 0 Å². The van der Waals surface area contributed by atoms with E-state index in [-0.39, 0.29) is 0 Å². The standard InChI is InChI=1S/C14H18F3N3/c1-3-19(4-2)7-8-20-10-18-12-9-11(14(15,16)17)5-6-13(12)20/h5-6,9-10H,3-4,7-8H2,1-2H3. The molecule has 110 valence electrons. The van der Waals surface area contributed by atoms with Gasteiger partial charge in [0, 0.05) is 13.1 Å². The molecular formula is C14H18F3N3. The van der Waals surface area contributed by atoms with E-state index < -0.39 is 11.7 Å². The zero-order chi connectivity index (χ0) is 14.8. The van der Waals surface area contributed by atoms with Crippen LogP contribution < -0.4 is 0 Å². The Morgan fingerprint density at radius 1 is 1.20 bits per heavy atom. The Morgan fingerprint density at radius 2 is 1.90 bits per heavy atom. The number of imidazole rings is 1. The van der Waals surface area contributed by atoms with E-state index in [4.69, 9.17) is 0 Å². The fourth-order valence-electron chi connectivity index (χ4n) is 2.21. The lowest BCUT2D eigenvalue weighted by atomic mass is 10.2. The average Bonchev–Trinajstić information content (AvgIpc) is 2.81. The molecule has 0 spiro atoms. The van der Waals surface area contributed by atoms with Crippen molar-refractivity contribution in [2.24, 2.45) is 0 Å². The summed E-state index contributed by atoms with van der Waals surface area (Å²) in [5, 5.41) is 0. The minimum absolute atomic E-state index is 0.388. The van der Waals surface area contributed by atoms with Gasteiger partial charge in [-0.05, 0) is 31.3 Å². The van der Waals surface area contributed by atoms with Crippen LogP contribution in [0.4, 0.5) is 13.2 Å². The Morgan fingerprint density at radius 3 is 2.50 bits per heavy atom. The van der Waals surface area contributed by atoms with Gasteiger partial charge in [-0.1, -0.05) is 13.8 Å². The maximum atomic E-state index is 12.6. The maximum absolute atomic E-state index is 12.6. The molecular weight excluding hydrogens is 267 g/mol. The zero-order valence-electron chi connectivity index (χ0n) is 11.6. The summed E-state index contributed by atoms with van der Waals surface area (Å²) >= 11 is 0. The van der Waals surface area contributed by atoms with Crippen molar-refractivity contribution in [3.63, 3.8) is 0 Å². The number of nitrogens with zero attached hydrogens (tertiary/aromatic N) is 3. The number of benzene rings is 1. The fraction of sp³-hybridized carbons (Fsp3) is 0.500. The van der Waals surface area contributed by atoms with Gasteiger partial charge in [0.25, 0.3) is 0 Å². The first-order valence-electron chi connectivity index (χ1n) is 6.70. The number of alkyl halides is 3. The lowest BCUT2D eigenvalue weighted by Crippen LogP contribution is -2.26. The van der Waals surface area contributed by atoms with Crippen LogP contribution in [-0.4, -0.2) is 34.1 Å². The van der Waals surface area contributed by atoms with Crippen molar-refractivity contribution in [2.45, 2.75) is 26.6 Å². The van der Waals surface area contributed by atoms with Crippen molar-refractivity contribution < 1.29 is 13.2 Å². The third kappa shape index (κ3) is 3.12. The summed E-state index contributed by atoms with van der Waals surface area (Å²) in [6.45, 7) is 7.68. The molecule has 6 heteroatoms. The van der Waals surface area contributed by atoms with Gasteiger partial charge in [-0.15, -0.1) is 0 Å². The normalized spacial score (nSPS) is 12.5. The molecule has 0 saturated heterocycles. The molecule has 0 N–H and O–H groups in total. The first-order valence-corrected chi connectivity index (χ1v) is 6.70. The number of halogens is 3. The Balaban J connectivity index is 2.20. The van der Waals surface area contributed by atoms with Gasteiger partial charge in [-0.3, -0.25) is 0 Å². The van der Waals surface area contributed by atoms with Crippen LogP contribution in [0.1, 0.15) is 19.4 Å². The van der Waals surface area contributed by atoms with E-state index in [1.54, 1.807) is 6.33 Å². The third-order valence-corrected chi connectivity index (χ3v) is 3.50. The quantitative estimate of drug-likeness (QED) is 0.839.